The molecule has 10 nitrogen and oxygen atoms in total. The SMILES string of the molecule is C=C(NCCO)Oc1ccc2c(c1)ncn2-c1ccc(NCC(=O)Nc2cc(C(C)(C)C)on2)cc1. The molecule has 2 aromatic carbocycles. The molecular formula is C26H30N6O4. The lowest BCUT2D eigenvalue weighted by Crippen LogP contribution is -2.21. The number of hydrogen-bond donors (Lipinski definition) is 4. The molecule has 0 aliphatic rings. The number of fused-ring (bicyclic) bond motifs is 1. The number of ether oxygens (including phenoxy) is 1. The summed E-state index contributed by atoms with van der Waals surface area (Å²) in [5.74, 6) is 1.84. The van der Waals surface area contributed by atoms with Crippen molar-refractivity contribution in [1.82, 2.24) is 20.0 Å². The number of amides is 1. The number of nitrogens with zero attached hydrogens (tertiary/aromatic N) is 3. The van der Waals surface area contributed by atoms with Gasteiger partial charge < -0.3 is 30.3 Å². The first-order valence-electron chi connectivity index (χ1n) is 11.5. The van der Waals surface area contributed by atoms with E-state index in [-0.39, 0.29) is 24.5 Å². The van der Waals surface area contributed by atoms with Crippen molar-refractivity contribution in [3.05, 3.63) is 73.1 Å². The number of carbonyl (C=O) groups is 1. The number of rotatable bonds is 10. The molecule has 0 radical (unpaired) electrons. The summed E-state index contributed by atoms with van der Waals surface area (Å²) in [6.07, 6.45) is 1.74. The van der Waals surface area contributed by atoms with Gasteiger partial charge >= 0.3 is 0 Å². The molecule has 0 saturated heterocycles. The average Bonchev–Trinajstić information content (AvgIpc) is 3.49. The van der Waals surface area contributed by atoms with Crippen LogP contribution in [0.3, 0.4) is 0 Å². The van der Waals surface area contributed by atoms with Crippen molar-refractivity contribution >= 4 is 28.4 Å². The van der Waals surface area contributed by atoms with E-state index in [0.29, 0.717) is 29.8 Å². The van der Waals surface area contributed by atoms with Crippen LogP contribution in [0.5, 0.6) is 5.75 Å². The molecule has 2 aromatic heterocycles. The molecule has 0 unspecified atom stereocenters. The molecule has 10 heteroatoms. The minimum atomic E-state index is -0.222. The molecular weight excluding hydrogens is 460 g/mol. The van der Waals surface area contributed by atoms with Gasteiger partial charge in [-0.15, -0.1) is 0 Å². The van der Waals surface area contributed by atoms with Gasteiger partial charge in [0, 0.05) is 35.5 Å². The van der Waals surface area contributed by atoms with Gasteiger partial charge in [-0.05, 0) is 43.0 Å². The Morgan fingerprint density at radius 1 is 1.17 bits per heavy atom. The molecule has 0 fully saturated rings. The van der Waals surface area contributed by atoms with Gasteiger partial charge in [-0.1, -0.05) is 25.9 Å². The highest BCUT2D eigenvalue weighted by atomic mass is 16.5. The molecule has 0 saturated carbocycles. The van der Waals surface area contributed by atoms with Crippen LogP contribution < -0.4 is 20.7 Å². The van der Waals surface area contributed by atoms with Gasteiger partial charge in [0.2, 0.25) is 5.91 Å². The molecule has 0 aliphatic carbocycles. The first-order valence-corrected chi connectivity index (χ1v) is 11.5. The minimum Gasteiger partial charge on any atom is -0.442 e. The Balaban J connectivity index is 1.35. The predicted octanol–water partition coefficient (Wildman–Crippen LogP) is 3.79. The molecule has 4 N–H and O–H groups in total. The van der Waals surface area contributed by atoms with E-state index < -0.39 is 0 Å². The zero-order valence-corrected chi connectivity index (χ0v) is 20.5. The minimum absolute atomic E-state index is 0.00542. The van der Waals surface area contributed by atoms with Gasteiger partial charge in [-0.25, -0.2) is 4.98 Å². The Morgan fingerprint density at radius 2 is 1.94 bits per heavy atom. The maximum atomic E-state index is 12.3. The maximum Gasteiger partial charge on any atom is 0.244 e. The van der Waals surface area contributed by atoms with E-state index in [1.165, 1.54) is 0 Å². The van der Waals surface area contributed by atoms with Crippen LogP contribution in [0.1, 0.15) is 26.5 Å². The monoisotopic (exact) mass is 490 g/mol. The van der Waals surface area contributed by atoms with Crippen LogP contribution >= 0.6 is 0 Å². The zero-order chi connectivity index (χ0) is 25.7. The lowest BCUT2D eigenvalue weighted by atomic mass is 9.93. The van der Waals surface area contributed by atoms with E-state index in [1.807, 2.05) is 67.8 Å². The van der Waals surface area contributed by atoms with E-state index in [9.17, 15) is 4.79 Å². The highest BCUT2D eigenvalue weighted by Crippen LogP contribution is 2.25. The second kappa shape index (κ2) is 10.5. The number of imidazole rings is 1. The number of aliphatic hydroxyl groups excluding tert-OH is 1. The van der Waals surface area contributed by atoms with Crippen molar-refractivity contribution in [3.63, 3.8) is 0 Å². The number of aliphatic hydroxyl groups is 1. The van der Waals surface area contributed by atoms with Crippen LogP contribution in [0, 0.1) is 0 Å². The fourth-order valence-electron chi connectivity index (χ4n) is 3.43. The van der Waals surface area contributed by atoms with E-state index in [1.54, 1.807) is 12.4 Å². The lowest BCUT2D eigenvalue weighted by molar-refractivity contribution is -0.114. The second-order valence-corrected chi connectivity index (χ2v) is 9.22. The molecule has 188 valence electrons. The number of nitrogens with one attached hydrogen (secondary N) is 3. The Hall–Kier alpha value is -4.31. The van der Waals surface area contributed by atoms with Crippen molar-refractivity contribution in [3.8, 4) is 11.4 Å². The Bertz CT molecular complexity index is 1350. The topological polar surface area (TPSA) is 126 Å². The summed E-state index contributed by atoms with van der Waals surface area (Å²) in [5, 5.41) is 21.5. The second-order valence-electron chi connectivity index (χ2n) is 9.22. The van der Waals surface area contributed by atoms with Gasteiger partial charge in [0.1, 0.15) is 17.8 Å². The summed E-state index contributed by atoms with van der Waals surface area (Å²) in [6.45, 7) is 10.3. The third-order valence-corrected chi connectivity index (χ3v) is 5.31. The zero-order valence-electron chi connectivity index (χ0n) is 20.5. The molecule has 4 aromatic rings. The molecule has 0 aliphatic heterocycles. The van der Waals surface area contributed by atoms with Crippen molar-refractivity contribution in [2.45, 2.75) is 26.2 Å². The van der Waals surface area contributed by atoms with Gasteiger partial charge in [0.25, 0.3) is 0 Å². The van der Waals surface area contributed by atoms with Gasteiger partial charge in [0.15, 0.2) is 11.7 Å². The predicted molar refractivity (Wildman–Crippen MR) is 138 cm³/mol. The van der Waals surface area contributed by atoms with Crippen LogP contribution in [-0.2, 0) is 10.2 Å². The van der Waals surface area contributed by atoms with Gasteiger partial charge in [-0.3, -0.25) is 9.36 Å². The van der Waals surface area contributed by atoms with E-state index in [2.05, 4.69) is 32.7 Å². The summed E-state index contributed by atoms with van der Waals surface area (Å²) in [4.78, 5) is 16.8. The largest absolute Gasteiger partial charge is 0.442 e. The number of benzene rings is 2. The highest BCUT2D eigenvalue weighted by Gasteiger charge is 2.20. The fraction of sp³-hybridized carbons (Fsp3) is 0.269. The smallest absolute Gasteiger partial charge is 0.244 e. The standard InChI is InChI=1S/C26H30N6O4/c1-17(27-11-12-33)35-20-9-10-22-21(13-20)29-16-32(22)19-7-5-18(6-8-19)28-15-25(34)30-24-14-23(36-31-24)26(2,3)4/h5-10,13-14,16,27-28,33H,1,11-12,15H2,2-4H3,(H,30,31,34). The average molecular weight is 491 g/mol. The molecule has 36 heavy (non-hydrogen) atoms. The normalized spacial score (nSPS) is 11.3. The quantitative estimate of drug-likeness (QED) is 0.247. The van der Waals surface area contributed by atoms with Crippen LogP contribution in [0.15, 0.2) is 71.8 Å². The van der Waals surface area contributed by atoms with Crippen LogP contribution in [0.2, 0.25) is 0 Å². The van der Waals surface area contributed by atoms with Crippen molar-refractivity contribution in [2.75, 3.05) is 30.3 Å². The van der Waals surface area contributed by atoms with Crippen molar-refractivity contribution in [1.29, 1.82) is 0 Å². The summed E-state index contributed by atoms with van der Waals surface area (Å²) < 4.78 is 12.9. The van der Waals surface area contributed by atoms with E-state index in [0.717, 1.165) is 22.4 Å². The third kappa shape index (κ3) is 6.02. The number of anilines is 2. The number of aromatic nitrogens is 3. The number of carbonyl (C=O) groups excluding carboxylic acids is 1. The van der Waals surface area contributed by atoms with E-state index in [4.69, 9.17) is 14.4 Å². The molecule has 0 atom stereocenters. The summed E-state index contributed by atoms with van der Waals surface area (Å²) in [5.41, 5.74) is 3.23. The Morgan fingerprint density at radius 3 is 2.64 bits per heavy atom. The highest BCUT2D eigenvalue weighted by molar-refractivity contribution is 5.93. The molecule has 0 bridgehead atoms. The van der Waals surface area contributed by atoms with Crippen molar-refractivity contribution < 1.29 is 19.2 Å². The molecule has 0 spiro atoms. The van der Waals surface area contributed by atoms with Gasteiger partial charge in [-0.2, -0.15) is 0 Å². The third-order valence-electron chi connectivity index (χ3n) is 5.31. The fourth-order valence-corrected chi connectivity index (χ4v) is 3.43. The maximum absolute atomic E-state index is 12.3. The first-order chi connectivity index (χ1) is 17.2. The van der Waals surface area contributed by atoms with Crippen LogP contribution in [0.25, 0.3) is 16.7 Å². The lowest BCUT2D eigenvalue weighted by Gasteiger charge is -2.12. The van der Waals surface area contributed by atoms with E-state index >= 15 is 0 Å². The van der Waals surface area contributed by atoms with Crippen molar-refractivity contribution in [2.24, 2.45) is 0 Å². The van der Waals surface area contributed by atoms with Gasteiger partial charge in [0.05, 0.1) is 24.2 Å². The summed E-state index contributed by atoms with van der Waals surface area (Å²) in [6, 6.07) is 15.0. The molecule has 4 rings (SSSR count). The summed E-state index contributed by atoms with van der Waals surface area (Å²) in [7, 11) is 0. The van der Waals surface area contributed by atoms with Crippen LogP contribution in [0.4, 0.5) is 11.5 Å². The summed E-state index contributed by atoms with van der Waals surface area (Å²) >= 11 is 0. The first kappa shape index (κ1) is 24.8. The molecule has 1 amide bonds. The Kier molecular flexibility index (Phi) is 7.25. The molecule has 2 heterocycles. The Labute approximate surface area is 209 Å². The van der Waals surface area contributed by atoms with Crippen LogP contribution in [-0.4, -0.2) is 45.4 Å². The number of hydrogen-bond acceptors (Lipinski definition) is 8.